The topological polar surface area (TPSA) is 46.2 Å². The number of anilines is 1. The third-order valence-corrected chi connectivity index (χ3v) is 5.26. The Kier molecular flexibility index (Phi) is 3.44. The summed E-state index contributed by atoms with van der Waals surface area (Å²) in [4.78, 5) is 1.16. The van der Waals surface area contributed by atoms with Crippen LogP contribution in [0, 0.1) is 0 Å². The third-order valence-electron chi connectivity index (χ3n) is 2.70. The van der Waals surface area contributed by atoms with Crippen LogP contribution in [0.1, 0.15) is 6.42 Å². The quantitative estimate of drug-likeness (QED) is 0.841. The SMILES string of the molecule is CSc1ccccc1NC1CCS(=O)(=O)C1. The standard InChI is InChI=1S/C11H15NO2S2/c1-15-11-5-3-2-4-10(11)12-9-6-7-16(13,14)8-9/h2-5,9,12H,6-8H2,1H3. The number of sulfone groups is 1. The molecule has 88 valence electrons. The maximum atomic E-state index is 11.3. The van der Waals surface area contributed by atoms with Gasteiger partial charge in [-0.2, -0.15) is 0 Å². The third kappa shape index (κ3) is 2.71. The minimum absolute atomic E-state index is 0.0679. The summed E-state index contributed by atoms with van der Waals surface area (Å²) >= 11 is 1.67. The highest BCUT2D eigenvalue weighted by Crippen LogP contribution is 2.27. The van der Waals surface area contributed by atoms with Crippen molar-refractivity contribution in [1.82, 2.24) is 0 Å². The van der Waals surface area contributed by atoms with Gasteiger partial charge in [-0.15, -0.1) is 11.8 Å². The van der Waals surface area contributed by atoms with E-state index in [2.05, 4.69) is 5.32 Å². The van der Waals surface area contributed by atoms with Crippen LogP contribution < -0.4 is 5.32 Å². The molecule has 1 atom stereocenters. The molecule has 0 saturated carbocycles. The van der Waals surface area contributed by atoms with E-state index in [0.29, 0.717) is 12.2 Å². The van der Waals surface area contributed by atoms with Gasteiger partial charge in [0.15, 0.2) is 9.84 Å². The molecule has 0 bridgehead atoms. The molecule has 1 aromatic rings. The van der Waals surface area contributed by atoms with E-state index in [9.17, 15) is 8.42 Å². The Morgan fingerprint density at radius 3 is 2.75 bits per heavy atom. The lowest BCUT2D eigenvalue weighted by molar-refractivity contribution is 0.602. The van der Waals surface area contributed by atoms with Crippen molar-refractivity contribution in [1.29, 1.82) is 0 Å². The molecule has 1 N–H and O–H groups in total. The van der Waals surface area contributed by atoms with Crippen molar-refractivity contribution in [3.05, 3.63) is 24.3 Å². The molecule has 2 rings (SSSR count). The van der Waals surface area contributed by atoms with E-state index in [1.165, 1.54) is 0 Å². The summed E-state index contributed by atoms with van der Waals surface area (Å²) in [7, 11) is -2.80. The molecular formula is C11H15NO2S2. The Morgan fingerprint density at radius 2 is 2.12 bits per heavy atom. The fourth-order valence-electron chi connectivity index (χ4n) is 1.89. The number of benzene rings is 1. The number of rotatable bonds is 3. The summed E-state index contributed by atoms with van der Waals surface area (Å²) < 4.78 is 22.7. The van der Waals surface area contributed by atoms with E-state index in [1.54, 1.807) is 11.8 Å². The van der Waals surface area contributed by atoms with Crippen LogP contribution in [0.2, 0.25) is 0 Å². The summed E-state index contributed by atoms with van der Waals surface area (Å²) in [6.45, 7) is 0. The highest BCUT2D eigenvalue weighted by molar-refractivity contribution is 7.98. The molecule has 0 spiro atoms. The number of para-hydroxylation sites is 1. The zero-order valence-electron chi connectivity index (χ0n) is 9.14. The smallest absolute Gasteiger partial charge is 0.152 e. The molecule has 0 aliphatic carbocycles. The Hall–Kier alpha value is -0.680. The first kappa shape index (κ1) is 11.8. The molecule has 16 heavy (non-hydrogen) atoms. The van der Waals surface area contributed by atoms with Gasteiger partial charge in [0, 0.05) is 16.6 Å². The second-order valence-electron chi connectivity index (χ2n) is 3.94. The Morgan fingerprint density at radius 1 is 1.38 bits per heavy atom. The molecular weight excluding hydrogens is 242 g/mol. The Bertz CT molecular complexity index is 471. The Labute approximate surface area is 101 Å². The van der Waals surface area contributed by atoms with Gasteiger partial charge in [-0.1, -0.05) is 12.1 Å². The molecule has 1 aliphatic heterocycles. The van der Waals surface area contributed by atoms with Crippen LogP contribution in [0.4, 0.5) is 5.69 Å². The van der Waals surface area contributed by atoms with E-state index in [1.807, 2.05) is 30.5 Å². The van der Waals surface area contributed by atoms with Crippen molar-refractivity contribution in [3.8, 4) is 0 Å². The van der Waals surface area contributed by atoms with Crippen molar-refractivity contribution in [2.45, 2.75) is 17.4 Å². The minimum Gasteiger partial charge on any atom is -0.380 e. The normalized spacial score (nSPS) is 23.2. The van der Waals surface area contributed by atoms with Crippen LogP contribution in [0.15, 0.2) is 29.2 Å². The number of thioether (sulfide) groups is 1. The minimum atomic E-state index is -2.80. The molecule has 0 radical (unpaired) electrons. The molecule has 5 heteroatoms. The monoisotopic (exact) mass is 257 g/mol. The molecule has 1 unspecified atom stereocenters. The van der Waals surface area contributed by atoms with E-state index >= 15 is 0 Å². The van der Waals surface area contributed by atoms with Crippen LogP contribution >= 0.6 is 11.8 Å². The predicted molar refractivity (Wildman–Crippen MR) is 68.9 cm³/mol. The lowest BCUT2D eigenvalue weighted by atomic mass is 10.2. The summed E-state index contributed by atoms with van der Waals surface area (Å²) in [5.74, 6) is 0.571. The molecule has 0 aromatic heterocycles. The predicted octanol–water partition coefficient (Wildman–Crippen LogP) is 2.01. The lowest BCUT2D eigenvalue weighted by Crippen LogP contribution is -2.20. The van der Waals surface area contributed by atoms with Gasteiger partial charge in [-0.25, -0.2) is 8.42 Å². The largest absolute Gasteiger partial charge is 0.380 e. The van der Waals surface area contributed by atoms with Crippen LogP contribution in [0.5, 0.6) is 0 Å². The maximum Gasteiger partial charge on any atom is 0.152 e. The van der Waals surface area contributed by atoms with Gasteiger partial charge < -0.3 is 5.32 Å². The van der Waals surface area contributed by atoms with Gasteiger partial charge >= 0.3 is 0 Å². The Balaban J connectivity index is 2.10. The van der Waals surface area contributed by atoms with E-state index in [4.69, 9.17) is 0 Å². The summed E-state index contributed by atoms with van der Waals surface area (Å²) in [6, 6.07) is 8.06. The van der Waals surface area contributed by atoms with Gasteiger partial charge in [-0.05, 0) is 24.8 Å². The number of hydrogen-bond acceptors (Lipinski definition) is 4. The first-order chi connectivity index (χ1) is 7.61. The van der Waals surface area contributed by atoms with Crippen LogP contribution in [0.25, 0.3) is 0 Å². The molecule has 1 heterocycles. The number of nitrogens with one attached hydrogen (secondary N) is 1. The fourth-order valence-corrected chi connectivity index (χ4v) is 4.13. The van der Waals surface area contributed by atoms with Crippen molar-refractivity contribution >= 4 is 27.3 Å². The molecule has 3 nitrogen and oxygen atoms in total. The molecule has 1 aliphatic rings. The molecule has 1 aromatic carbocycles. The fraction of sp³-hybridized carbons (Fsp3) is 0.455. The molecule has 0 amide bonds. The molecule has 1 fully saturated rings. The second kappa shape index (κ2) is 4.67. The van der Waals surface area contributed by atoms with Gasteiger partial charge in [0.25, 0.3) is 0 Å². The van der Waals surface area contributed by atoms with Gasteiger partial charge in [0.1, 0.15) is 0 Å². The average Bonchev–Trinajstić information content (AvgIpc) is 2.59. The van der Waals surface area contributed by atoms with Gasteiger partial charge in [0.2, 0.25) is 0 Å². The van der Waals surface area contributed by atoms with E-state index < -0.39 is 9.84 Å². The van der Waals surface area contributed by atoms with Crippen molar-refractivity contribution < 1.29 is 8.42 Å². The van der Waals surface area contributed by atoms with Crippen LogP contribution in [0.3, 0.4) is 0 Å². The van der Waals surface area contributed by atoms with E-state index in [-0.39, 0.29) is 11.8 Å². The summed E-state index contributed by atoms with van der Waals surface area (Å²) in [5, 5.41) is 3.32. The van der Waals surface area contributed by atoms with Crippen LogP contribution in [-0.4, -0.2) is 32.2 Å². The second-order valence-corrected chi connectivity index (χ2v) is 7.02. The number of hydrogen-bond donors (Lipinski definition) is 1. The van der Waals surface area contributed by atoms with Gasteiger partial charge in [-0.3, -0.25) is 0 Å². The first-order valence-electron chi connectivity index (χ1n) is 5.21. The average molecular weight is 257 g/mol. The first-order valence-corrected chi connectivity index (χ1v) is 8.25. The van der Waals surface area contributed by atoms with E-state index in [0.717, 1.165) is 10.6 Å². The summed E-state index contributed by atoms with van der Waals surface area (Å²) in [5.41, 5.74) is 1.04. The van der Waals surface area contributed by atoms with Crippen molar-refractivity contribution in [2.24, 2.45) is 0 Å². The molecule has 1 saturated heterocycles. The highest BCUT2D eigenvalue weighted by atomic mass is 32.2. The lowest BCUT2D eigenvalue weighted by Gasteiger charge is -2.14. The van der Waals surface area contributed by atoms with Gasteiger partial charge in [0.05, 0.1) is 11.5 Å². The zero-order valence-corrected chi connectivity index (χ0v) is 10.8. The van der Waals surface area contributed by atoms with Crippen molar-refractivity contribution in [3.63, 3.8) is 0 Å². The van der Waals surface area contributed by atoms with Crippen molar-refractivity contribution in [2.75, 3.05) is 23.1 Å². The maximum absolute atomic E-state index is 11.3. The van der Waals surface area contributed by atoms with Crippen LogP contribution in [-0.2, 0) is 9.84 Å². The highest BCUT2D eigenvalue weighted by Gasteiger charge is 2.27. The zero-order chi connectivity index (χ0) is 11.6. The summed E-state index contributed by atoms with van der Waals surface area (Å²) in [6.07, 6.45) is 2.73.